The van der Waals surface area contributed by atoms with Gasteiger partial charge in [-0.2, -0.15) is 0 Å². The van der Waals surface area contributed by atoms with Crippen LogP contribution in [0.4, 0.5) is 5.69 Å². The summed E-state index contributed by atoms with van der Waals surface area (Å²) < 4.78 is 17.8. The number of benzene rings is 3. The molecule has 0 aliphatic rings. The first-order valence-electron chi connectivity index (χ1n) is 10.9. The lowest BCUT2D eigenvalue weighted by Crippen LogP contribution is -2.15. The fourth-order valence-electron chi connectivity index (χ4n) is 3.50. The van der Waals surface area contributed by atoms with Crippen LogP contribution in [0.5, 0.6) is 17.2 Å². The largest absolute Gasteiger partial charge is 0.497 e. The van der Waals surface area contributed by atoms with E-state index < -0.39 is 0 Å². The minimum atomic E-state index is -0.194. The van der Waals surface area contributed by atoms with Gasteiger partial charge in [-0.05, 0) is 42.0 Å². The highest BCUT2D eigenvalue weighted by atomic mass is 32.2. The molecule has 0 spiro atoms. The summed E-state index contributed by atoms with van der Waals surface area (Å²) >= 11 is 1.32. The second-order valence-electron chi connectivity index (χ2n) is 7.50. The van der Waals surface area contributed by atoms with Crippen LogP contribution in [0.3, 0.4) is 0 Å². The van der Waals surface area contributed by atoms with E-state index >= 15 is 0 Å². The predicted octanol–water partition coefficient (Wildman–Crippen LogP) is 4.61. The molecule has 0 fully saturated rings. The van der Waals surface area contributed by atoms with E-state index in [0.29, 0.717) is 28.8 Å². The number of para-hydroxylation sites is 1. The van der Waals surface area contributed by atoms with E-state index in [9.17, 15) is 4.79 Å². The first-order valence-corrected chi connectivity index (χ1v) is 11.9. The average Bonchev–Trinajstić information content (AvgIpc) is 3.30. The number of anilines is 1. The van der Waals surface area contributed by atoms with Gasteiger partial charge in [-0.15, -0.1) is 10.2 Å². The molecule has 35 heavy (non-hydrogen) atoms. The van der Waals surface area contributed by atoms with Crippen molar-refractivity contribution in [1.29, 1.82) is 0 Å². The molecule has 0 atom stereocenters. The molecule has 0 bridgehead atoms. The second-order valence-corrected chi connectivity index (χ2v) is 8.44. The first-order chi connectivity index (χ1) is 17.1. The third kappa shape index (κ3) is 5.93. The van der Waals surface area contributed by atoms with Crippen molar-refractivity contribution in [1.82, 2.24) is 14.8 Å². The monoisotopic (exact) mass is 490 g/mol. The zero-order valence-corrected chi connectivity index (χ0v) is 20.5. The highest BCUT2D eigenvalue weighted by Gasteiger charge is 2.17. The van der Waals surface area contributed by atoms with E-state index in [0.717, 1.165) is 22.8 Å². The molecule has 1 heterocycles. The lowest BCUT2D eigenvalue weighted by molar-refractivity contribution is -0.113. The van der Waals surface area contributed by atoms with Gasteiger partial charge in [-0.25, -0.2) is 0 Å². The summed E-state index contributed by atoms with van der Waals surface area (Å²) in [5, 5.41) is 12.3. The molecular formula is C26H26N4O4S. The fourth-order valence-corrected chi connectivity index (χ4v) is 4.27. The summed E-state index contributed by atoms with van der Waals surface area (Å²) in [6.45, 7) is 0. The zero-order valence-electron chi connectivity index (χ0n) is 19.7. The Labute approximate surface area is 208 Å². The maximum atomic E-state index is 12.8. The third-order valence-electron chi connectivity index (χ3n) is 5.25. The standard InChI is InChI=1S/C26H26N4O4S/c1-32-20-11-9-18(10-12-20)15-24-28-29-26(30(24)19-7-5-4-6-8-19)35-17-25(31)27-22-16-21(33-2)13-14-23(22)34-3/h4-14,16H,15,17H2,1-3H3,(H,27,31). The molecule has 1 N–H and O–H groups in total. The Hall–Kier alpha value is -3.98. The highest BCUT2D eigenvalue weighted by Crippen LogP contribution is 2.30. The molecule has 3 aromatic carbocycles. The summed E-state index contributed by atoms with van der Waals surface area (Å²) in [6, 6.07) is 23.0. The van der Waals surface area contributed by atoms with Crippen LogP contribution < -0.4 is 19.5 Å². The van der Waals surface area contributed by atoms with Crippen molar-refractivity contribution in [3.63, 3.8) is 0 Å². The van der Waals surface area contributed by atoms with E-state index in [4.69, 9.17) is 14.2 Å². The van der Waals surface area contributed by atoms with Crippen molar-refractivity contribution in [3.05, 3.63) is 84.2 Å². The summed E-state index contributed by atoms with van der Waals surface area (Å²) in [7, 11) is 4.77. The number of thioether (sulfide) groups is 1. The third-order valence-corrected chi connectivity index (χ3v) is 6.18. The normalized spacial score (nSPS) is 10.6. The maximum absolute atomic E-state index is 12.8. The summed E-state index contributed by atoms with van der Waals surface area (Å²) in [4.78, 5) is 12.8. The van der Waals surface area contributed by atoms with Gasteiger partial charge >= 0.3 is 0 Å². The lowest BCUT2D eigenvalue weighted by atomic mass is 10.1. The summed E-state index contributed by atoms with van der Waals surface area (Å²) in [5.41, 5.74) is 2.55. The van der Waals surface area contributed by atoms with E-state index in [2.05, 4.69) is 15.5 Å². The number of hydrogen-bond acceptors (Lipinski definition) is 7. The van der Waals surface area contributed by atoms with E-state index in [-0.39, 0.29) is 11.7 Å². The topological polar surface area (TPSA) is 87.5 Å². The number of nitrogens with zero attached hydrogens (tertiary/aromatic N) is 3. The number of ether oxygens (including phenoxy) is 3. The van der Waals surface area contributed by atoms with E-state index in [1.807, 2.05) is 59.2 Å². The van der Waals surface area contributed by atoms with Gasteiger partial charge in [0.2, 0.25) is 5.91 Å². The summed E-state index contributed by atoms with van der Waals surface area (Å²) in [5.74, 6) is 2.71. The van der Waals surface area contributed by atoms with Gasteiger partial charge in [0, 0.05) is 18.2 Å². The number of carbonyl (C=O) groups is 1. The van der Waals surface area contributed by atoms with Crippen LogP contribution in [0, 0.1) is 0 Å². The SMILES string of the molecule is COc1ccc(Cc2nnc(SCC(=O)Nc3cc(OC)ccc3OC)n2-c2ccccc2)cc1. The van der Waals surface area contributed by atoms with Gasteiger partial charge in [-0.1, -0.05) is 42.1 Å². The number of methoxy groups -OCH3 is 3. The van der Waals surface area contributed by atoms with Crippen LogP contribution >= 0.6 is 11.8 Å². The Balaban J connectivity index is 1.53. The smallest absolute Gasteiger partial charge is 0.234 e. The van der Waals surface area contributed by atoms with Crippen LogP contribution in [0.15, 0.2) is 78.0 Å². The van der Waals surface area contributed by atoms with Crippen LogP contribution in [0.1, 0.15) is 11.4 Å². The minimum Gasteiger partial charge on any atom is -0.497 e. The lowest BCUT2D eigenvalue weighted by Gasteiger charge is -2.12. The van der Waals surface area contributed by atoms with Crippen molar-refractivity contribution < 1.29 is 19.0 Å². The fraction of sp³-hybridized carbons (Fsp3) is 0.192. The molecule has 4 rings (SSSR count). The van der Waals surface area contributed by atoms with Gasteiger partial charge in [0.05, 0.1) is 32.8 Å². The number of hydrogen-bond donors (Lipinski definition) is 1. The van der Waals surface area contributed by atoms with Gasteiger partial charge in [-0.3, -0.25) is 9.36 Å². The van der Waals surface area contributed by atoms with Crippen molar-refractivity contribution in [2.24, 2.45) is 0 Å². The number of nitrogens with one attached hydrogen (secondary N) is 1. The van der Waals surface area contributed by atoms with Crippen molar-refractivity contribution in [2.75, 3.05) is 32.4 Å². The number of carbonyl (C=O) groups excluding carboxylic acids is 1. The minimum absolute atomic E-state index is 0.147. The average molecular weight is 491 g/mol. The molecule has 1 aromatic heterocycles. The zero-order chi connectivity index (χ0) is 24.6. The predicted molar refractivity (Wildman–Crippen MR) is 136 cm³/mol. The Bertz CT molecular complexity index is 1280. The Morgan fingerprint density at radius 2 is 1.60 bits per heavy atom. The van der Waals surface area contributed by atoms with E-state index in [1.54, 1.807) is 39.5 Å². The van der Waals surface area contributed by atoms with Gasteiger partial charge < -0.3 is 19.5 Å². The molecule has 0 aliphatic heterocycles. The second kappa shape index (κ2) is 11.4. The number of rotatable bonds is 10. The molecule has 0 radical (unpaired) electrons. The van der Waals surface area contributed by atoms with E-state index in [1.165, 1.54) is 11.8 Å². The molecule has 9 heteroatoms. The van der Waals surface area contributed by atoms with Crippen molar-refractivity contribution in [2.45, 2.75) is 11.6 Å². The number of amides is 1. The molecular weight excluding hydrogens is 464 g/mol. The Morgan fingerprint density at radius 1 is 0.886 bits per heavy atom. The van der Waals surface area contributed by atoms with Crippen molar-refractivity contribution in [3.8, 4) is 22.9 Å². The quantitative estimate of drug-likeness (QED) is 0.325. The van der Waals surface area contributed by atoms with Crippen LogP contribution in [0.25, 0.3) is 5.69 Å². The molecule has 0 unspecified atom stereocenters. The number of aromatic nitrogens is 3. The molecule has 0 saturated heterocycles. The molecule has 1 amide bonds. The van der Waals surface area contributed by atoms with Gasteiger partial charge in [0.15, 0.2) is 5.16 Å². The molecule has 0 aliphatic carbocycles. The van der Waals surface area contributed by atoms with Crippen molar-refractivity contribution >= 4 is 23.4 Å². The maximum Gasteiger partial charge on any atom is 0.234 e. The van der Waals surface area contributed by atoms with Crippen LogP contribution in [-0.4, -0.2) is 47.8 Å². The van der Waals surface area contributed by atoms with Crippen LogP contribution in [-0.2, 0) is 11.2 Å². The summed E-state index contributed by atoms with van der Waals surface area (Å²) in [6.07, 6.45) is 0.583. The Kier molecular flexibility index (Phi) is 7.89. The Morgan fingerprint density at radius 3 is 2.29 bits per heavy atom. The molecule has 4 aromatic rings. The molecule has 180 valence electrons. The molecule has 0 saturated carbocycles. The van der Waals surface area contributed by atoms with Crippen LogP contribution in [0.2, 0.25) is 0 Å². The molecule has 8 nitrogen and oxygen atoms in total. The highest BCUT2D eigenvalue weighted by molar-refractivity contribution is 7.99. The first kappa shape index (κ1) is 24.2. The van der Waals surface area contributed by atoms with Gasteiger partial charge in [0.25, 0.3) is 0 Å². The van der Waals surface area contributed by atoms with Gasteiger partial charge in [0.1, 0.15) is 23.1 Å².